The van der Waals surface area contributed by atoms with Gasteiger partial charge in [-0.15, -0.1) is 0 Å². The van der Waals surface area contributed by atoms with Gasteiger partial charge in [0, 0.05) is 6.92 Å². The molecular formula is C11H12N4O4. The molecule has 0 fully saturated rings. The number of esters is 1. The Hall–Kier alpha value is -2.64. The van der Waals surface area contributed by atoms with Crippen LogP contribution >= 0.6 is 0 Å². The lowest BCUT2D eigenvalue weighted by molar-refractivity contribution is -0.641. The van der Waals surface area contributed by atoms with Crippen LogP contribution in [0.2, 0.25) is 0 Å². The molecule has 1 heterocycles. The summed E-state index contributed by atoms with van der Waals surface area (Å²) in [6, 6.07) is 4.74. The molecule has 0 saturated heterocycles. The average Bonchev–Trinajstić information content (AvgIpc) is 2.35. The van der Waals surface area contributed by atoms with Gasteiger partial charge in [-0.25, -0.2) is 4.98 Å². The van der Waals surface area contributed by atoms with Crippen molar-refractivity contribution in [2.45, 2.75) is 6.92 Å². The zero-order chi connectivity index (χ0) is 13.8. The quantitative estimate of drug-likeness (QED) is 0.351. The molecule has 2 aromatic rings. The number of nitrogens with two attached hydrogens (primary N) is 1. The predicted octanol–water partition coefficient (Wildman–Crippen LogP) is -0.213. The zero-order valence-corrected chi connectivity index (χ0v) is 10.2. The van der Waals surface area contributed by atoms with Gasteiger partial charge >= 0.3 is 5.97 Å². The Labute approximate surface area is 108 Å². The number of benzene rings is 1. The van der Waals surface area contributed by atoms with E-state index < -0.39 is 0 Å². The van der Waals surface area contributed by atoms with Crippen molar-refractivity contribution >= 4 is 23.0 Å². The smallest absolute Gasteiger partial charge is 0.302 e. The van der Waals surface area contributed by atoms with Crippen molar-refractivity contribution in [3.8, 4) is 5.75 Å². The van der Waals surface area contributed by atoms with Crippen LogP contribution in [0.15, 0.2) is 18.2 Å². The van der Waals surface area contributed by atoms with Crippen molar-refractivity contribution in [1.82, 2.24) is 10.1 Å². The Balaban J connectivity index is 2.11. The van der Waals surface area contributed by atoms with Gasteiger partial charge in [-0.05, 0) is 17.0 Å². The third-order valence-corrected chi connectivity index (χ3v) is 2.24. The van der Waals surface area contributed by atoms with E-state index in [0.29, 0.717) is 16.1 Å². The first-order valence-corrected chi connectivity index (χ1v) is 5.49. The van der Waals surface area contributed by atoms with Crippen LogP contribution in [-0.4, -0.2) is 29.3 Å². The summed E-state index contributed by atoms with van der Waals surface area (Å²) in [5.74, 6) is -0.00737. The van der Waals surface area contributed by atoms with Gasteiger partial charge in [0.15, 0.2) is 0 Å². The Kier molecular flexibility index (Phi) is 3.60. The summed E-state index contributed by atoms with van der Waals surface area (Å²) >= 11 is 0. The molecule has 8 nitrogen and oxygen atoms in total. The lowest BCUT2D eigenvalue weighted by Crippen LogP contribution is -2.33. The highest BCUT2D eigenvalue weighted by molar-refractivity contribution is 5.73. The maximum absolute atomic E-state index is 11.5. The minimum Gasteiger partial charge on any atom is -0.594 e. The average molecular weight is 264 g/mol. The first-order valence-electron chi connectivity index (χ1n) is 5.49. The Morgan fingerprint density at radius 2 is 2.26 bits per heavy atom. The van der Waals surface area contributed by atoms with E-state index in [0.717, 1.165) is 0 Å². The van der Waals surface area contributed by atoms with Crippen molar-refractivity contribution in [3.05, 3.63) is 23.4 Å². The molecule has 0 atom stereocenters. The van der Waals surface area contributed by atoms with E-state index in [2.05, 4.69) is 10.1 Å². The molecular weight excluding hydrogens is 252 g/mol. The van der Waals surface area contributed by atoms with Crippen molar-refractivity contribution in [2.75, 3.05) is 18.9 Å². The molecule has 2 N–H and O–H groups in total. The van der Waals surface area contributed by atoms with Crippen molar-refractivity contribution in [1.29, 1.82) is 0 Å². The SMILES string of the molecule is CC(=O)OCCOc1ccc2nc(N)n[n+]([O-])c2c1. The maximum atomic E-state index is 11.5. The van der Waals surface area contributed by atoms with Crippen molar-refractivity contribution in [2.24, 2.45) is 0 Å². The number of anilines is 1. The van der Waals surface area contributed by atoms with Crippen LogP contribution in [0.3, 0.4) is 0 Å². The van der Waals surface area contributed by atoms with Crippen molar-refractivity contribution < 1.29 is 19.1 Å². The highest BCUT2D eigenvalue weighted by Gasteiger charge is 2.10. The highest BCUT2D eigenvalue weighted by Crippen LogP contribution is 2.16. The minimum absolute atomic E-state index is 0.0916. The maximum Gasteiger partial charge on any atom is 0.302 e. The van der Waals surface area contributed by atoms with E-state index in [1.165, 1.54) is 13.0 Å². The Bertz CT molecular complexity index is 617. The van der Waals surface area contributed by atoms with Crippen LogP contribution in [0.1, 0.15) is 6.92 Å². The summed E-state index contributed by atoms with van der Waals surface area (Å²) < 4.78 is 10.1. The molecule has 19 heavy (non-hydrogen) atoms. The Morgan fingerprint density at radius 1 is 1.47 bits per heavy atom. The normalized spacial score (nSPS) is 10.4. The number of hydrogen-bond donors (Lipinski definition) is 1. The second-order valence-corrected chi connectivity index (χ2v) is 3.68. The molecule has 0 unspecified atom stereocenters. The lowest BCUT2D eigenvalue weighted by atomic mass is 10.3. The van der Waals surface area contributed by atoms with Gasteiger partial charge in [0.25, 0.3) is 11.5 Å². The molecule has 2 rings (SSSR count). The highest BCUT2D eigenvalue weighted by atomic mass is 16.6. The second-order valence-electron chi connectivity index (χ2n) is 3.68. The van der Waals surface area contributed by atoms with E-state index >= 15 is 0 Å². The van der Waals surface area contributed by atoms with Gasteiger partial charge in [0.2, 0.25) is 0 Å². The van der Waals surface area contributed by atoms with Gasteiger partial charge in [0.05, 0.1) is 11.2 Å². The van der Waals surface area contributed by atoms with Gasteiger partial charge in [-0.3, -0.25) is 4.79 Å². The van der Waals surface area contributed by atoms with Crippen LogP contribution in [0.4, 0.5) is 5.95 Å². The summed E-state index contributed by atoms with van der Waals surface area (Å²) in [6.07, 6.45) is 0. The number of fused-ring (bicyclic) bond motifs is 1. The van der Waals surface area contributed by atoms with E-state index in [1.807, 2.05) is 0 Å². The third kappa shape index (κ3) is 3.18. The molecule has 1 aromatic carbocycles. The van der Waals surface area contributed by atoms with E-state index in [1.54, 1.807) is 12.1 Å². The number of carbonyl (C=O) groups is 1. The van der Waals surface area contributed by atoms with Gasteiger partial charge in [-0.2, -0.15) is 0 Å². The number of ether oxygens (including phenoxy) is 2. The fourth-order valence-electron chi connectivity index (χ4n) is 1.48. The summed E-state index contributed by atoms with van der Waals surface area (Å²) in [5, 5.41) is 15.0. The molecule has 0 amide bonds. The van der Waals surface area contributed by atoms with Gasteiger partial charge < -0.3 is 20.4 Å². The molecule has 100 valence electrons. The fourth-order valence-corrected chi connectivity index (χ4v) is 1.48. The van der Waals surface area contributed by atoms with Gasteiger partial charge in [-0.1, -0.05) is 0 Å². The first kappa shape index (κ1) is 12.8. The summed E-state index contributed by atoms with van der Waals surface area (Å²) in [7, 11) is 0. The summed E-state index contributed by atoms with van der Waals surface area (Å²) in [4.78, 5) is 14.9. The first-order chi connectivity index (χ1) is 9.06. The molecule has 0 aliphatic heterocycles. The number of rotatable bonds is 4. The third-order valence-electron chi connectivity index (χ3n) is 2.24. The molecule has 8 heteroatoms. The molecule has 0 saturated carbocycles. The van der Waals surface area contributed by atoms with E-state index in [-0.39, 0.29) is 30.6 Å². The zero-order valence-electron chi connectivity index (χ0n) is 10.2. The molecule has 0 aliphatic rings. The summed E-state index contributed by atoms with van der Waals surface area (Å²) in [5.41, 5.74) is 6.04. The molecule has 0 spiro atoms. The van der Waals surface area contributed by atoms with Crippen molar-refractivity contribution in [3.63, 3.8) is 0 Å². The monoisotopic (exact) mass is 264 g/mol. The van der Waals surface area contributed by atoms with E-state index in [4.69, 9.17) is 15.2 Å². The summed E-state index contributed by atoms with van der Waals surface area (Å²) in [6.45, 7) is 1.65. The van der Waals surface area contributed by atoms with E-state index in [9.17, 15) is 10.0 Å². The van der Waals surface area contributed by atoms with Crippen LogP contribution in [0.25, 0.3) is 11.0 Å². The fraction of sp³-hybridized carbons (Fsp3) is 0.273. The van der Waals surface area contributed by atoms with Crippen LogP contribution in [0, 0.1) is 5.21 Å². The number of carbonyl (C=O) groups excluding carboxylic acids is 1. The topological polar surface area (TPSA) is 114 Å². The van der Waals surface area contributed by atoms with Crippen LogP contribution < -0.4 is 15.3 Å². The Morgan fingerprint density at radius 3 is 3.00 bits per heavy atom. The second kappa shape index (κ2) is 5.34. The number of nitrogens with zero attached hydrogens (tertiary/aromatic N) is 3. The lowest BCUT2D eigenvalue weighted by Gasteiger charge is -2.06. The largest absolute Gasteiger partial charge is 0.594 e. The number of aromatic nitrogens is 3. The molecule has 0 aliphatic carbocycles. The molecule has 0 radical (unpaired) electrons. The predicted molar refractivity (Wildman–Crippen MR) is 65.0 cm³/mol. The van der Waals surface area contributed by atoms with Crippen LogP contribution in [-0.2, 0) is 9.53 Å². The molecule has 1 aromatic heterocycles. The molecule has 0 bridgehead atoms. The van der Waals surface area contributed by atoms with Gasteiger partial charge in [0.1, 0.15) is 24.5 Å². The standard InChI is InChI=1S/C11H12N4O4/c1-7(16)18-4-5-19-8-2-3-9-10(6-8)15(17)14-11(12)13-9/h2-3,6H,4-5H2,1H3,(H2,12,13,14). The minimum atomic E-state index is -0.372. The number of nitrogen functional groups attached to an aromatic ring is 1. The van der Waals surface area contributed by atoms with Crippen LogP contribution in [0.5, 0.6) is 5.75 Å². The number of hydrogen-bond acceptors (Lipinski definition) is 7.